The number of hydrogen-bond donors (Lipinski definition) is 3. The zero-order valence-corrected chi connectivity index (χ0v) is 18.8. The first-order valence-electron chi connectivity index (χ1n) is 9.55. The number of hydrogen-bond acceptors (Lipinski definition) is 4. The van der Waals surface area contributed by atoms with Gasteiger partial charge in [0.1, 0.15) is 11.4 Å². The molecule has 0 bridgehead atoms. The van der Waals surface area contributed by atoms with Crippen molar-refractivity contribution in [3.63, 3.8) is 0 Å². The van der Waals surface area contributed by atoms with E-state index in [4.69, 9.17) is 0 Å². The first kappa shape index (κ1) is 22.8. The van der Waals surface area contributed by atoms with Crippen molar-refractivity contribution in [1.82, 2.24) is 10.2 Å². The number of aliphatic hydroxyl groups is 1. The molecule has 1 aliphatic rings. The van der Waals surface area contributed by atoms with Gasteiger partial charge in [0, 0.05) is 9.61 Å². The van der Waals surface area contributed by atoms with Gasteiger partial charge in [-0.1, -0.05) is 13.8 Å². The molecule has 1 heterocycles. The van der Waals surface area contributed by atoms with Crippen molar-refractivity contribution < 1.29 is 23.1 Å². The monoisotopic (exact) mass is 533 g/mol. The molecule has 2 aromatic rings. The Morgan fingerprint density at radius 3 is 2.53 bits per heavy atom. The number of amides is 1. The molecule has 1 fully saturated rings. The summed E-state index contributed by atoms with van der Waals surface area (Å²) < 4.78 is 43.2. The van der Waals surface area contributed by atoms with Crippen molar-refractivity contribution in [2.45, 2.75) is 31.9 Å². The van der Waals surface area contributed by atoms with Crippen LogP contribution in [0, 0.1) is 21.0 Å². The molecule has 0 spiro atoms. The molecule has 9 heteroatoms. The standard InChI is InChI=1S/C21H23F3IN3O2/c1-12(2)26-8-7-21(30)10-28(11-21)20(29)14-4-5-15(22)18(24)19(14)27-17-6-3-13(25)9-16(17)23/h3-6,9,12,26-27,30H,7-8,10-11H2,1-2H3. The molecule has 0 aliphatic carbocycles. The minimum absolute atomic E-state index is 0.0751. The van der Waals surface area contributed by atoms with Gasteiger partial charge >= 0.3 is 0 Å². The number of anilines is 2. The Labute approximate surface area is 186 Å². The number of halogens is 4. The highest BCUT2D eigenvalue weighted by molar-refractivity contribution is 14.1. The number of carbonyl (C=O) groups excluding carboxylic acids is 1. The Bertz CT molecular complexity index is 949. The number of likely N-dealkylation sites (tertiary alicyclic amines) is 1. The van der Waals surface area contributed by atoms with E-state index < -0.39 is 34.6 Å². The van der Waals surface area contributed by atoms with Gasteiger partial charge in [-0.3, -0.25) is 4.79 Å². The Hall–Kier alpha value is -1.85. The van der Waals surface area contributed by atoms with Crippen LogP contribution in [-0.2, 0) is 0 Å². The van der Waals surface area contributed by atoms with Gasteiger partial charge in [-0.25, -0.2) is 13.2 Å². The summed E-state index contributed by atoms with van der Waals surface area (Å²) in [6, 6.07) is 6.53. The summed E-state index contributed by atoms with van der Waals surface area (Å²) in [5.41, 5.74) is -1.66. The molecule has 2 aromatic carbocycles. The van der Waals surface area contributed by atoms with E-state index in [9.17, 15) is 23.1 Å². The lowest BCUT2D eigenvalue weighted by molar-refractivity contribution is -0.0852. The molecule has 1 aliphatic heterocycles. The van der Waals surface area contributed by atoms with Crippen LogP contribution in [0.15, 0.2) is 30.3 Å². The average Bonchev–Trinajstić information content (AvgIpc) is 2.64. The van der Waals surface area contributed by atoms with E-state index in [0.29, 0.717) is 16.5 Å². The predicted molar refractivity (Wildman–Crippen MR) is 117 cm³/mol. The predicted octanol–water partition coefficient (Wildman–Crippen LogP) is 4.03. The highest BCUT2D eigenvalue weighted by Crippen LogP contribution is 2.32. The van der Waals surface area contributed by atoms with Crippen LogP contribution in [0.2, 0.25) is 0 Å². The van der Waals surface area contributed by atoms with E-state index in [-0.39, 0.29) is 30.4 Å². The Morgan fingerprint density at radius 1 is 1.20 bits per heavy atom. The second-order valence-electron chi connectivity index (χ2n) is 7.78. The van der Waals surface area contributed by atoms with E-state index in [2.05, 4.69) is 10.6 Å². The highest BCUT2D eigenvalue weighted by atomic mass is 127. The van der Waals surface area contributed by atoms with Crippen molar-refractivity contribution in [3.05, 3.63) is 56.9 Å². The fraction of sp³-hybridized carbons (Fsp3) is 0.381. The van der Waals surface area contributed by atoms with Crippen molar-refractivity contribution in [2.24, 2.45) is 0 Å². The molecule has 0 saturated carbocycles. The van der Waals surface area contributed by atoms with E-state index in [1.807, 2.05) is 36.4 Å². The Morgan fingerprint density at radius 2 is 1.90 bits per heavy atom. The summed E-state index contributed by atoms with van der Waals surface area (Å²) in [4.78, 5) is 14.2. The molecule has 3 N–H and O–H groups in total. The molecule has 162 valence electrons. The quantitative estimate of drug-likeness (QED) is 0.471. The van der Waals surface area contributed by atoms with Gasteiger partial charge < -0.3 is 20.6 Å². The van der Waals surface area contributed by atoms with E-state index in [1.54, 1.807) is 6.07 Å². The van der Waals surface area contributed by atoms with Gasteiger partial charge in [-0.05, 0) is 65.9 Å². The fourth-order valence-electron chi connectivity index (χ4n) is 3.31. The third-order valence-electron chi connectivity index (χ3n) is 4.92. The first-order chi connectivity index (χ1) is 14.1. The third-order valence-corrected chi connectivity index (χ3v) is 5.59. The molecule has 1 amide bonds. The maximum Gasteiger partial charge on any atom is 0.256 e. The molecule has 0 unspecified atom stereocenters. The molecule has 30 heavy (non-hydrogen) atoms. The van der Waals surface area contributed by atoms with Gasteiger partial charge in [-0.15, -0.1) is 0 Å². The van der Waals surface area contributed by atoms with Crippen LogP contribution in [0.4, 0.5) is 24.5 Å². The lowest BCUT2D eigenvalue weighted by Gasteiger charge is -2.46. The fourth-order valence-corrected chi connectivity index (χ4v) is 3.76. The summed E-state index contributed by atoms with van der Waals surface area (Å²) in [6.07, 6.45) is 0.464. The third kappa shape index (κ3) is 5.06. The number of benzene rings is 2. The molecular weight excluding hydrogens is 510 g/mol. The average molecular weight is 533 g/mol. The number of β-amino-alcohol motifs (C(OH)–C–C–N with tert-alkyl or cyclic N) is 1. The van der Waals surface area contributed by atoms with Crippen molar-refractivity contribution >= 4 is 39.9 Å². The van der Waals surface area contributed by atoms with Crippen LogP contribution in [-0.4, -0.2) is 47.2 Å². The molecule has 0 aromatic heterocycles. The minimum Gasteiger partial charge on any atom is -0.386 e. The summed E-state index contributed by atoms with van der Waals surface area (Å²) in [7, 11) is 0. The van der Waals surface area contributed by atoms with Crippen molar-refractivity contribution in [1.29, 1.82) is 0 Å². The highest BCUT2D eigenvalue weighted by Gasteiger charge is 2.44. The van der Waals surface area contributed by atoms with Gasteiger partial charge in [0.05, 0.1) is 30.0 Å². The van der Waals surface area contributed by atoms with E-state index in [1.165, 1.54) is 17.0 Å². The molecule has 5 nitrogen and oxygen atoms in total. The van der Waals surface area contributed by atoms with Crippen molar-refractivity contribution in [2.75, 3.05) is 25.0 Å². The Kier molecular flexibility index (Phi) is 6.93. The zero-order valence-electron chi connectivity index (χ0n) is 16.6. The second kappa shape index (κ2) is 9.11. The maximum atomic E-state index is 14.5. The topological polar surface area (TPSA) is 64.6 Å². The SMILES string of the molecule is CC(C)NCCC1(O)CN(C(=O)c2ccc(F)c(F)c2Nc2ccc(I)cc2F)C1. The molecular formula is C21H23F3IN3O2. The summed E-state index contributed by atoms with van der Waals surface area (Å²) >= 11 is 1.93. The normalized spacial score (nSPS) is 15.3. The number of carbonyl (C=O) groups is 1. The van der Waals surface area contributed by atoms with E-state index >= 15 is 0 Å². The summed E-state index contributed by atoms with van der Waals surface area (Å²) in [5.74, 6) is -3.64. The lowest BCUT2D eigenvalue weighted by atomic mass is 9.89. The van der Waals surface area contributed by atoms with Crippen LogP contribution in [0.3, 0.4) is 0 Å². The van der Waals surface area contributed by atoms with Gasteiger partial charge in [0.2, 0.25) is 0 Å². The van der Waals surface area contributed by atoms with Crippen molar-refractivity contribution in [3.8, 4) is 0 Å². The van der Waals surface area contributed by atoms with E-state index in [0.717, 1.165) is 12.1 Å². The molecule has 0 radical (unpaired) electrons. The van der Waals surface area contributed by atoms with Crippen LogP contribution in [0.5, 0.6) is 0 Å². The minimum atomic E-state index is -1.27. The number of rotatable bonds is 7. The molecule has 1 saturated heterocycles. The smallest absolute Gasteiger partial charge is 0.256 e. The van der Waals surface area contributed by atoms with Gasteiger partial charge in [-0.2, -0.15) is 0 Å². The maximum absolute atomic E-state index is 14.5. The summed E-state index contributed by atoms with van der Waals surface area (Å²) in [6.45, 7) is 4.76. The van der Waals surface area contributed by atoms with Crippen LogP contribution >= 0.6 is 22.6 Å². The van der Waals surface area contributed by atoms with Gasteiger partial charge in [0.25, 0.3) is 5.91 Å². The second-order valence-corrected chi connectivity index (χ2v) is 9.02. The largest absolute Gasteiger partial charge is 0.386 e. The van der Waals surface area contributed by atoms with Crippen LogP contribution in [0.25, 0.3) is 0 Å². The first-order valence-corrected chi connectivity index (χ1v) is 10.6. The Balaban J connectivity index is 1.78. The molecule has 3 rings (SSSR count). The zero-order chi connectivity index (χ0) is 22.1. The summed E-state index contributed by atoms with van der Waals surface area (Å²) in [5, 5.41) is 16.2. The van der Waals surface area contributed by atoms with Crippen LogP contribution < -0.4 is 10.6 Å². The van der Waals surface area contributed by atoms with Crippen LogP contribution in [0.1, 0.15) is 30.6 Å². The van der Waals surface area contributed by atoms with Gasteiger partial charge in [0.15, 0.2) is 11.6 Å². The lowest BCUT2D eigenvalue weighted by Crippen LogP contribution is -2.64. The number of nitrogens with one attached hydrogen (secondary N) is 2. The number of nitrogens with zero attached hydrogens (tertiary/aromatic N) is 1. The molecule has 0 atom stereocenters.